The van der Waals surface area contributed by atoms with E-state index < -0.39 is 0 Å². The van der Waals surface area contributed by atoms with Crippen molar-refractivity contribution in [2.45, 2.75) is 50.4 Å². The quantitative estimate of drug-likeness (QED) is 0.885. The van der Waals surface area contributed by atoms with Crippen LogP contribution in [0.4, 0.5) is 0 Å². The maximum atomic E-state index is 3.50. The first kappa shape index (κ1) is 17.3. The Bertz CT molecular complexity index is 512. The van der Waals surface area contributed by atoms with Crippen LogP contribution in [0.1, 0.15) is 49.7 Å². The second-order valence-corrected chi connectivity index (χ2v) is 7.82. The first-order chi connectivity index (χ1) is 10.9. The molecule has 1 aliphatic carbocycles. The maximum Gasteiger partial charge on any atom is 0.00836 e. The summed E-state index contributed by atoms with van der Waals surface area (Å²) < 4.78 is 0. The molecule has 128 valence electrons. The molecule has 23 heavy (non-hydrogen) atoms. The molecule has 1 atom stereocenters. The summed E-state index contributed by atoms with van der Waals surface area (Å²) in [6, 6.07) is 9.30. The van der Waals surface area contributed by atoms with Crippen LogP contribution < -0.4 is 5.32 Å². The van der Waals surface area contributed by atoms with E-state index in [-0.39, 0.29) is 12.4 Å². The van der Waals surface area contributed by atoms with Gasteiger partial charge in [-0.3, -0.25) is 0 Å². The Morgan fingerprint density at radius 3 is 2.74 bits per heavy atom. The van der Waals surface area contributed by atoms with Crippen molar-refractivity contribution in [1.29, 1.82) is 0 Å². The molecule has 1 spiro atoms. The van der Waals surface area contributed by atoms with Gasteiger partial charge in [-0.1, -0.05) is 24.3 Å². The van der Waals surface area contributed by atoms with Crippen LogP contribution in [0, 0.1) is 5.92 Å². The molecule has 1 unspecified atom stereocenters. The molecule has 0 amide bonds. The number of aryl methyl sites for hydroxylation is 1. The van der Waals surface area contributed by atoms with Crippen molar-refractivity contribution in [3.63, 3.8) is 0 Å². The van der Waals surface area contributed by atoms with Crippen LogP contribution in [0.25, 0.3) is 0 Å². The van der Waals surface area contributed by atoms with Gasteiger partial charge in [-0.2, -0.15) is 0 Å². The number of piperidine rings is 2. The maximum absolute atomic E-state index is 3.50. The number of hydrogen-bond donors (Lipinski definition) is 1. The molecule has 2 fully saturated rings. The highest BCUT2D eigenvalue weighted by molar-refractivity contribution is 5.85. The summed E-state index contributed by atoms with van der Waals surface area (Å²) in [7, 11) is 0. The number of nitrogens with zero attached hydrogens (tertiary/aromatic N) is 1. The molecule has 2 nitrogen and oxygen atoms in total. The average Bonchev–Trinajstić information content (AvgIpc) is 2.57. The van der Waals surface area contributed by atoms with Gasteiger partial charge in [0.1, 0.15) is 0 Å². The minimum absolute atomic E-state index is 0. The highest BCUT2D eigenvalue weighted by Gasteiger charge is 2.40. The fourth-order valence-corrected chi connectivity index (χ4v) is 5.24. The highest BCUT2D eigenvalue weighted by Crippen LogP contribution is 2.43. The number of likely N-dealkylation sites (tertiary alicyclic amines) is 1. The molecule has 3 heteroatoms. The number of hydrogen-bond acceptors (Lipinski definition) is 2. The van der Waals surface area contributed by atoms with E-state index in [4.69, 9.17) is 0 Å². The van der Waals surface area contributed by atoms with Crippen LogP contribution >= 0.6 is 12.4 Å². The molecule has 3 aliphatic rings. The summed E-state index contributed by atoms with van der Waals surface area (Å²) >= 11 is 0. The lowest BCUT2D eigenvalue weighted by Gasteiger charge is -2.47. The van der Waals surface area contributed by atoms with Gasteiger partial charge >= 0.3 is 0 Å². The second-order valence-electron chi connectivity index (χ2n) is 7.82. The molecule has 1 N–H and O–H groups in total. The van der Waals surface area contributed by atoms with Crippen LogP contribution in [-0.4, -0.2) is 37.6 Å². The first-order valence-corrected chi connectivity index (χ1v) is 9.37. The van der Waals surface area contributed by atoms with E-state index in [1.54, 1.807) is 11.1 Å². The molecular formula is C20H31ClN2. The Morgan fingerprint density at radius 1 is 1.09 bits per heavy atom. The number of benzene rings is 1. The SMILES string of the molecule is Cl.c1ccc2c(c1)CCCC21CCCN(CC2CCNCC2)C1. The Balaban J connectivity index is 0.00000156. The fourth-order valence-electron chi connectivity index (χ4n) is 5.24. The first-order valence-electron chi connectivity index (χ1n) is 9.37. The Kier molecular flexibility index (Phi) is 5.66. The zero-order valence-corrected chi connectivity index (χ0v) is 15.0. The summed E-state index contributed by atoms with van der Waals surface area (Å²) in [5, 5.41) is 3.50. The van der Waals surface area contributed by atoms with Crippen molar-refractivity contribution >= 4 is 12.4 Å². The van der Waals surface area contributed by atoms with E-state index in [1.165, 1.54) is 77.7 Å². The Hall–Kier alpha value is -0.570. The molecule has 0 saturated carbocycles. The van der Waals surface area contributed by atoms with Crippen molar-refractivity contribution in [1.82, 2.24) is 10.2 Å². The molecule has 1 aromatic rings. The smallest absolute Gasteiger partial charge is 0.00836 e. The minimum atomic E-state index is 0. The molecule has 0 aromatic heterocycles. The van der Waals surface area contributed by atoms with Crippen molar-refractivity contribution in [3.05, 3.63) is 35.4 Å². The van der Waals surface area contributed by atoms with Crippen LogP contribution in [0.15, 0.2) is 24.3 Å². The lowest BCUT2D eigenvalue weighted by atomic mass is 9.66. The average molecular weight is 335 g/mol. The van der Waals surface area contributed by atoms with Gasteiger partial charge < -0.3 is 10.2 Å². The van der Waals surface area contributed by atoms with Gasteiger partial charge in [0.2, 0.25) is 0 Å². The van der Waals surface area contributed by atoms with Gasteiger partial charge in [0.05, 0.1) is 0 Å². The summed E-state index contributed by atoms with van der Waals surface area (Å²) in [6.45, 7) is 6.44. The third-order valence-corrected chi connectivity index (χ3v) is 6.32. The van der Waals surface area contributed by atoms with Crippen LogP contribution in [0.3, 0.4) is 0 Å². The number of rotatable bonds is 2. The monoisotopic (exact) mass is 334 g/mol. The van der Waals surface area contributed by atoms with Crippen molar-refractivity contribution in [3.8, 4) is 0 Å². The summed E-state index contributed by atoms with van der Waals surface area (Å²) in [5.74, 6) is 0.926. The lowest BCUT2D eigenvalue weighted by molar-refractivity contribution is 0.108. The van der Waals surface area contributed by atoms with Crippen molar-refractivity contribution in [2.75, 3.05) is 32.7 Å². The zero-order valence-electron chi connectivity index (χ0n) is 14.2. The van der Waals surface area contributed by atoms with Crippen LogP contribution in [-0.2, 0) is 11.8 Å². The van der Waals surface area contributed by atoms with Crippen LogP contribution in [0.5, 0.6) is 0 Å². The second kappa shape index (κ2) is 7.55. The summed E-state index contributed by atoms with van der Waals surface area (Å²) in [4.78, 5) is 2.81. The molecule has 2 aliphatic heterocycles. The van der Waals surface area contributed by atoms with E-state index in [2.05, 4.69) is 34.5 Å². The van der Waals surface area contributed by atoms with E-state index in [1.807, 2.05) is 0 Å². The molecule has 2 saturated heterocycles. The van der Waals surface area contributed by atoms with E-state index in [9.17, 15) is 0 Å². The molecule has 0 radical (unpaired) electrons. The Labute approximate surface area is 147 Å². The summed E-state index contributed by atoms with van der Waals surface area (Å²) in [5.41, 5.74) is 3.80. The Morgan fingerprint density at radius 2 is 1.87 bits per heavy atom. The van der Waals surface area contributed by atoms with Gasteiger partial charge in [-0.25, -0.2) is 0 Å². The molecular weight excluding hydrogens is 304 g/mol. The lowest BCUT2D eigenvalue weighted by Crippen LogP contribution is -2.49. The van der Waals surface area contributed by atoms with Gasteiger partial charge in [-0.05, 0) is 81.6 Å². The summed E-state index contributed by atoms with van der Waals surface area (Å²) in [6.07, 6.45) is 9.64. The van der Waals surface area contributed by atoms with Crippen molar-refractivity contribution < 1.29 is 0 Å². The normalized spacial score (nSPS) is 29.0. The van der Waals surface area contributed by atoms with Gasteiger partial charge in [-0.15, -0.1) is 12.4 Å². The van der Waals surface area contributed by atoms with Gasteiger partial charge in [0, 0.05) is 18.5 Å². The van der Waals surface area contributed by atoms with Gasteiger partial charge in [0.25, 0.3) is 0 Å². The number of halogens is 1. The van der Waals surface area contributed by atoms with Crippen LogP contribution in [0.2, 0.25) is 0 Å². The van der Waals surface area contributed by atoms with Gasteiger partial charge in [0.15, 0.2) is 0 Å². The number of fused-ring (bicyclic) bond motifs is 2. The topological polar surface area (TPSA) is 15.3 Å². The largest absolute Gasteiger partial charge is 0.317 e. The third kappa shape index (κ3) is 3.60. The number of nitrogens with one attached hydrogen (secondary N) is 1. The van der Waals surface area contributed by atoms with E-state index in [0.29, 0.717) is 5.41 Å². The van der Waals surface area contributed by atoms with E-state index >= 15 is 0 Å². The standard InChI is InChI=1S/C20H30N2.ClH/c1-2-7-19-18(5-1)6-3-10-20(19)11-4-14-22(16-20)15-17-8-12-21-13-9-17;/h1-2,5,7,17,21H,3-4,6,8-16H2;1H. The highest BCUT2D eigenvalue weighted by atomic mass is 35.5. The van der Waals surface area contributed by atoms with Crippen molar-refractivity contribution in [2.24, 2.45) is 5.92 Å². The van der Waals surface area contributed by atoms with E-state index in [0.717, 1.165) is 5.92 Å². The molecule has 4 rings (SSSR count). The third-order valence-electron chi connectivity index (χ3n) is 6.32. The predicted octanol–water partition coefficient (Wildman–Crippen LogP) is 3.78. The molecule has 1 aromatic carbocycles. The fraction of sp³-hybridized carbons (Fsp3) is 0.700. The zero-order chi connectivity index (χ0) is 14.8. The molecule has 0 bridgehead atoms. The minimum Gasteiger partial charge on any atom is -0.317 e. The molecule has 2 heterocycles. The predicted molar refractivity (Wildman–Crippen MR) is 99.6 cm³/mol.